The van der Waals surface area contributed by atoms with Crippen LogP contribution < -0.4 is 15.4 Å². The number of halogens is 1. The van der Waals surface area contributed by atoms with Gasteiger partial charge in [-0.15, -0.1) is 0 Å². The third kappa shape index (κ3) is 5.44. The fourth-order valence-corrected chi connectivity index (χ4v) is 2.86. The van der Waals surface area contributed by atoms with E-state index in [2.05, 4.69) is 20.6 Å². The van der Waals surface area contributed by atoms with Crippen LogP contribution in [0.3, 0.4) is 0 Å². The minimum Gasteiger partial charge on any atom is -0.497 e. The molecule has 7 heteroatoms. The molecule has 6 nitrogen and oxygen atoms in total. The van der Waals surface area contributed by atoms with Gasteiger partial charge < -0.3 is 15.4 Å². The first-order valence-electron chi connectivity index (χ1n) is 8.83. The first kappa shape index (κ1) is 19.6. The minimum atomic E-state index is -0.245. The van der Waals surface area contributed by atoms with Gasteiger partial charge >= 0.3 is 0 Å². The van der Waals surface area contributed by atoms with Crippen molar-refractivity contribution in [1.29, 1.82) is 0 Å². The van der Waals surface area contributed by atoms with E-state index in [-0.39, 0.29) is 5.91 Å². The monoisotopic (exact) mass is 396 g/mol. The number of anilines is 2. The van der Waals surface area contributed by atoms with Crippen molar-refractivity contribution in [3.05, 3.63) is 76.6 Å². The summed E-state index contributed by atoms with van der Waals surface area (Å²) in [4.78, 5) is 21.1. The normalized spacial score (nSPS) is 10.4. The maximum Gasteiger partial charge on any atom is 0.270 e. The van der Waals surface area contributed by atoms with Crippen LogP contribution in [0.1, 0.15) is 21.7 Å². The van der Waals surface area contributed by atoms with Gasteiger partial charge in [0.1, 0.15) is 11.4 Å². The molecule has 28 heavy (non-hydrogen) atoms. The fourth-order valence-electron chi connectivity index (χ4n) is 2.65. The Morgan fingerprint density at radius 1 is 1.11 bits per heavy atom. The Morgan fingerprint density at radius 2 is 1.89 bits per heavy atom. The maximum atomic E-state index is 12.5. The number of carbonyl (C=O) groups is 1. The van der Waals surface area contributed by atoms with E-state index in [0.717, 1.165) is 17.0 Å². The van der Waals surface area contributed by atoms with Crippen LogP contribution in [0.4, 0.5) is 11.6 Å². The van der Waals surface area contributed by atoms with E-state index in [0.29, 0.717) is 35.3 Å². The van der Waals surface area contributed by atoms with Crippen molar-refractivity contribution in [2.45, 2.75) is 13.3 Å². The molecular formula is C21H21ClN4O2. The Kier molecular flexibility index (Phi) is 6.45. The van der Waals surface area contributed by atoms with E-state index in [1.165, 1.54) is 0 Å². The van der Waals surface area contributed by atoms with Crippen LogP contribution >= 0.6 is 11.6 Å². The lowest BCUT2D eigenvalue weighted by Gasteiger charge is -2.09. The molecule has 0 aliphatic heterocycles. The number of aromatic nitrogens is 2. The molecule has 0 aliphatic rings. The summed E-state index contributed by atoms with van der Waals surface area (Å²) in [7, 11) is 1.61. The summed E-state index contributed by atoms with van der Waals surface area (Å²) >= 11 is 5.98. The second kappa shape index (κ2) is 9.19. The second-order valence-corrected chi connectivity index (χ2v) is 6.64. The molecule has 1 amide bonds. The van der Waals surface area contributed by atoms with Gasteiger partial charge in [-0.25, -0.2) is 9.97 Å². The highest BCUT2D eigenvalue weighted by molar-refractivity contribution is 6.30. The van der Waals surface area contributed by atoms with Gasteiger partial charge in [-0.1, -0.05) is 23.7 Å². The zero-order valence-electron chi connectivity index (χ0n) is 15.7. The van der Waals surface area contributed by atoms with Crippen molar-refractivity contribution in [2.75, 3.05) is 19.0 Å². The second-order valence-electron chi connectivity index (χ2n) is 6.21. The predicted octanol–water partition coefficient (Wildman–Crippen LogP) is 4.16. The average Bonchev–Trinajstić information content (AvgIpc) is 2.68. The van der Waals surface area contributed by atoms with Crippen molar-refractivity contribution < 1.29 is 9.53 Å². The number of benzene rings is 2. The smallest absolute Gasteiger partial charge is 0.270 e. The van der Waals surface area contributed by atoms with Crippen molar-refractivity contribution in [1.82, 2.24) is 15.3 Å². The lowest BCUT2D eigenvalue weighted by atomic mass is 10.1. The standard InChI is InChI=1S/C21H21ClN4O2/c1-14-12-19(20(27)23-11-10-15-4-3-5-16(22)13-15)26-21(24-14)25-17-6-8-18(28-2)9-7-17/h3-9,12-13H,10-11H2,1-2H3,(H,23,27)(H,24,25,26). The van der Waals surface area contributed by atoms with Gasteiger partial charge in [-0.2, -0.15) is 0 Å². The van der Waals surface area contributed by atoms with Gasteiger partial charge in [-0.05, 0) is 61.4 Å². The fraction of sp³-hybridized carbons (Fsp3) is 0.190. The van der Waals surface area contributed by atoms with Gasteiger partial charge in [0.15, 0.2) is 0 Å². The zero-order chi connectivity index (χ0) is 19.9. The Bertz CT molecular complexity index is 961. The molecule has 3 rings (SSSR count). The maximum absolute atomic E-state index is 12.5. The van der Waals surface area contributed by atoms with Gasteiger partial charge in [0, 0.05) is 22.9 Å². The number of rotatable bonds is 7. The lowest BCUT2D eigenvalue weighted by Crippen LogP contribution is -2.27. The average molecular weight is 397 g/mol. The number of nitrogens with zero attached hydrogens (tertiary/aromatic N) is 2. The molecule has 0 unspecified atom stereocenters. The molecule has 0 saturated carbocycles. The number of methoxy groups -OCH3 is 1. The summed E-state index contributed by atoms with van der Waals surface area (Å²) in [5, 5.41) is 6.68. The van der Waals surface area contributed by atoms with Crippen molar-refractivity contribution >= 4 is 29.1 Å². The highest BCUT2D eigenvalue weighted by Gasteiger charge is 2.11. The Labute approximate surface area is 168 Å². The van der Waals surface area contributed by atoms with Crippen molar-refractivity contribution in [3.8, 4) is 5.75 Å². The van der Waals surface area contributed by atoms with Crippen LogP contribution in [0.25, 0.3) is 0 Å². The Hall–Kier alpha value is -3.12. The van der Waals surface area contributed by atoms with Crippen LogP contribution in [-0.4, -0.2) is 29.5 Å². The van der Waals surface area contributed by atoms with Crippen molar-refractivity contribution in [3.63, 3.8) is 0 Å². The number of hydrogen-bond donors (Lipinski definition) is 2. The topological polar surface area (TPSA) is 76.1 Å². The number of nitrogens with one attached hydrogen (secondary N) is 2. The molecule has 0 aliphatic carbocycles. The van der Waals surface area contributed by atoms with Crippen molar-refractivity contribution in [2.24, 2.45) is 0 Å². The molecule has 3 aromatic rings. The third-order valence-corrected chi connectivity index (χ3v) is 4.26. The molecule has 0 radical (unpaired) electrons. The summed E-state index contributed by atoms with van der Waals surface area (Å²) in [6, 6.07) is 16.6. The van der Waals surface area contributed by atoms with Crippen LogP contribution in [0, 0.1) is 6.92 Å². The van der Waals surface area contributed by atoms with Gasteiger partial charge in [-0.3, -0.25) is 4.79 Å². The lowest BCUT2D eigenvalue weighted by molar-refractivity contribution is 0.0949. The molecular weight excluding hydrogens is 376 g/mol. The number of hydrogen-bond acceptors (Lipinski definition) is 5. The summed E-state index contributed by atoms with van der Waals surface area (Å²) in [6.45, 7) is 2.31. The van der Waals surface area contributed by atoms with E-state index >= 15 is 0 Å². The zero-order valence-corrected chi connectivity index (χ0v) is 16.5. The summed E-state index contributed by atoms with van der Waals surface area (Å²) in [6.07, 6.45) is 0.688. The first-order valence-corrected chi connectivity index (χ1v) is 9.21. The number of amides is 1. The summed E-state index contributed by atoms with van der Waals surface area (Å²) in [5.41, 5.74) is 2.88. The molecule has 0 fully saturated rings. The van der Waals surface area contributed by atoms with Crippen LogP contribution in [-0.2, 0) is 6.42 Å². The predicted molar refractivity (Wildman–Crippen MR) is 111 cm³/mol. The molecule has 1 aromatic heterocycles. The Morgan fingerprint density at radius 3 is 2.61 bits per heavy atom. The van der Waals surface area contributed by atoms with Crippen LogP contribution in [0.2, 0.25) is 5.02 Å². The molecule has 0 spiro atoms. The highest BCUT2D eigenvalue weighted by Crippen LogP contribution is 2.18. The molecule has 0 saturated heterocycles. The summed E-state index contributed by atoms with van der Waals surface area (Å²) < 4.78 is 5.15. The molecule has 0 atom stereocenters. The van der Waals surface area contributed by atoms with E-state index in [1.54, 1.807) is 13.2 Å². The molecule has 1 heterocycles. The number of ether oxygens (including phenoxy) is 1. The Balaban J connectivity index is 1.63. The van der Waals surface area contributed by atoms with Gasteiger partial charge in [0.05, 0.1) is 7.11 Å². The van der Waals surface area contributed by atoms with E-state index in [1.807, 2.05) is 55.5 Å². The molecule has 0 bridgehead atoms. The largest absolute Gasteiger partial charge is 0.497 e. The van der Waals surface area contributed by atoms with Gasteiger partial charge in [0.25, 0.3) is 5.91 Å². The minimum absolute atomic E-state index is 0.245. The van der Waals surface area contributed by atoms with Crippen LogP contribution in [0.5, 0.6) is 5.75 Å². The first-order chi connectivity index (χ1) is 13.5. The van der Waals surface area contributed by atoms with Gasteiger partial charge in [0.2, 0.25) is 5.95 Å². The molecule has 2 aromatic carbocycles. The van der Waals surface area contributed by atoms with E-state index in [9.17, 15) is 4.79 Å². The number of carbonyl (C=O) groups excluding carboxylic acids is 1. The number of aryl methyl sites for hydroxylation is 1. The SMILES string of the molecule is COc1ccc(Nc2nc(C)cc(C(=O)NCCc3cccc(Cl)c3)n2)cc1. The van der Waals surface area contributed by atoms with Crippen LogP contribution in [0.15, 0.2) is 54.6 Å². The van der Waals surface area contributed by atoms with E-state index < -0.39 is 0 Å². The molecule has 144 valence electrons. The third-order valence-electron chi connectivity index (χ3n) is 4.02. The quantitative estimate of drug-likeness (QED) is 0.627. The van der Waals surface area contributed by atoms with E-state index in [4.69, 9.17) is 16.3 Å². The highest BCUT2D eigenvalue weighted by atomic mass is 35.5. The molecule has 2 N–H and O–H groups in total. The summed E-state index contributed by atoms with van der Waals surface area (Å²) in [5.74, 6) is 0.881.